The van der Waals surface area contributed by atoms with Crippen LogP contribution in [0.3, 0.4) is 0 Å². The van der Waals surface area contributed by atoms with E-state index in [1.165, 1.54) is 0 Å². The Morgan fingerprint density at radius 3 is 2.83 bits per heavy atom. The summed E-state index contributed by atoms with van der Waals surface area (Å²) in [6, 6.07) is 5.63. The van der Waals surface area contributed by atoms with Crippen molar-refractivity contribution in [1.29, 1.82) is 0 Å². The van der Waals surface area contributed by atoms with Crippen LogP contribution in [-0.2, 0) is 9.59 Å². The van der Waals surface area contributed by atoms with Gasteiger partial charge in [0, 0.05) is 18.2 Å². The van der Waals surface area contributed by atoms with Gasteiger partial charge < -0.3 is 10.2 Å². The molecule has 1 atom stereocenters. The molecule has 2 aromatic rings. The molecule has 24 heavy (non-hydrogen) atoms. The van der Waals surface area contributed by atoms with Crippen molar-refractivity contribution in [3.63, 3.8) is 0 Å². The second-order valence-electron chi connectivity index (χ2n) is 7.16. The van der Waals surface area contributed by atoms with E-state index >= 15 is 0 Å². The fourth-order valence-electron chi connectivity index (χ4n) is 2.94. The van der Waals surface area contributed by atoms with Crippen molar-refractivity contribution in [3.8, 4) is 0 Å². The first kappa shape index (κ1) is 16.4. The highest BCUT2D eigenvalue weighted by molar-refractivity contribution is 5.87. The molecule has 1 fully saturated rings. The molecule has 1 aliphatic rings. The van der Waals surface area contributed by atoms with Gasteiger partial charge in [-0.25, -0.2) is 0 Å². The average molecular weight is 329 g/mol. The molecular formula is C17H23N5O2. The molecule has 1 N–H and O–H groups in total. The minimum Gasteiger partial charge on any atom is -0.347 e. The van der Waals surface area contributed by atoms with E-state index in [1.807, 2.05) is 49.6 Å². The van der Waals surface area contributed by atoms with E-state index in [2.05, 4.69) is 15.5 Å². The van der Waals surface area contributed by atoms with E-state index in [0.717, 1.165) is 24.3 Å². The zero-order valence-electron chi connectivity index (χ0n) is 14.3. The molecule has 3 rings (SSSR count). The first-order chi connectivity index (χ1) is 11.4. The molecule has 3 heterocycles. The molecular weight excluding hydrogens is 306 g/mol. The van der Waals surface area contributed by atoms with Crippen LogP contribution in [-0.4, -0.2) is 44.4 Å². The molecule has 1 unspecified atom stereocenters. The maximum Gasteiger partial charge on any atom is 0.242 e. The van der Waals surface area contributed by atoms with Crippen molar-refractivity contribution in [2.45, 2.75) is 39.7 Å². The molecule has 1 saturated heterocycles. The van der Waals surface area contributed by atoms with Gasteiger partial charge in [0.25, 0.3) is 0 Å². The van der Waals surface area contributed by atoms with Gasteiger partial charge in [0.15, 0.2) is 11.5 Å². The summed E-state index contributed by atoms with van der Waals surface area (Å²) in [6.07, 6.45) is 3.69. The van der Waals surface area contributed by atoms with Crippen LogP contribution >= 0.6 is 0 Å². The summed E-state index contributed by atoms with van der Waals surface area (Å²) in [5.41, 5.74) is 0.265. The number of hydrogen-bond donors (Lipinski definition) is 1. The zero-order chi connectivity index (χ0) is 17.3. The van der Waals surface area contributed by atoms with Gasteiger partial charge in [-0.3, -0.25) is 14.0 Å². The van der Waals surface area contributed by atoms with Gasteiger partial charge in [0.05, 0.1) is 12.6 Å². The van der Waals surface area contributed by atoms with Gasteiger partial charge in [-0.15, -0.1) is 10.2 Å². The van der Waals surface area contributed by atoms with Crippen LogP contribution in [0.25, 0.3) is 5.65 Å². The predicted octanol–water partition coefficient (Wildman–Crippen LogP) is 1.56. The first-order valence-corrected chi connectivity index (χ1v) is 8.25. The van der Waals surface area contributed by atoms with Crippen LogP contribution in [0.1, 0.15) is 45.5 Å². The Bertz CT molecular complexity index is 762. The Hall–Kier alpha value is -2.44. The zero-order valence-corrected chi connectivity index (χ0v) is 14.3. The SMILES string of the molecule is CC(C)(C)C(=O)NCC(=O)N1CCCC1c1nnc2ccccn12. The standard InChI is InChI=1S/C17H23N5O2/c1-17(2,3)16(24)18-11-14(23)21-10-6-7-12(21)15-20-19-13-8-4-5-9-22(13)15/h4-5,8-9,12H,6-7,10-11H2,1-3H3,(H,18,24). The highest BCUT2D eigenvalue weighted by Gasteiger charge is 2.33. The van der Waals surface area contributed by atoms with Crippen LogP contribution in [0.15, 0.2) is 24.4 Å². The van der Waals surface area contributed by atoms with Gasteiger partial charge in [0.1, 0.15) is 0 Å². The van der Waals surface area contributed by atoms with Gasteiger partial charge in [-0.2, -0.15) is 0 Å². The largest absolute Gasteiger partial charge is 0.347 e. The second kappa shape index (κ2) is 6.22. The number of nitrogens with zero attached hydrogens (tertiary/aromatic N) is 4. The number of likely N-dealkylation sites (tertiary alicyclic amines) is 1. The summed E-state index contributed by atoms with van der Waals surface area (Å²) in [5.74, 6) is 0.570. The third kappa shape index (κ3) is 3.11. The van der Waals surface area contributed by atoms with Crippen molar-refractivity contribution in [2.75, 3.05) is 13.1 Å². The normalized spacial score (nSPS) is 18.1. The highest BCUT2D eigenvalue weighted by atomic mass is 16.2. The van der Waals surface area contributed by atoms with Crippen LogP contribution in [0.4, 0.5) is 0 Å². The molecule has 0 bridgehead atoms. The van der Waals surface area contributed by atoms with Crippen LogP contribution in [0.2, 0.25) is 0 Å². The fourth-order valence-corrected chi connectivity index (χ4v) is 2.94. The maximum atomic E-state index is 12.6. The summed E-state index contributed by atoms with van der Waals surface area (Å²) >= 11 is 0. The summed E-state index contributed by atoms with van der Waals surface area (Å²) < 4.78 is 1.92. The molecule has 0 radical (unpaired) electrons. The van der Waals surface area contributed by atoms with E-state index in [9.17, 15) is 9.59 Å². The van der Waals surface area contributed by atoms with Crippen molar-refractivity contribution >= 4 is 17.5 Å². The van der Waals surface area contributed by atoms with Gasteiger partial charge >= 0.3 is 0 Å². The predicted molar refractivity (Wildman–Crippen MR) is 89.1 cm³/mol. The fraction of sp³-hybridized carbons (Fsp3) is 0.529. The number of aromatic nitrogens is 3. The Morgan fingerprint density at radius 1 is 1.29 bits per heavy atom. The van der Waals surface area contributed by atoms with E-state index in [-0.39, 0.29) is 24.4 Å². The Kier molecular flexibility index (Phi) is 4.26. The van der Waals surface area contributed by atoms with Crippen LogP contribution < -0.4 is 5.32 Å². The van der Waals surface area contributed by atoms with Gasteiger partial charge in [0.2, 0.25) is 11.8 Å². The topological polar surface area (TPSA) is 79.6 Å². The number of fused-ring (bicyclic) bond motifs is 1. The lowest BCUT2D eigenvalue weighted by atomic mass is 9.96. The smallest absolute Gasteiger partial charge is 0.242 e. The quantitative estimate of drug-likeness (QED) is 0.927. The number of carbonyl (C=O) groups excluding carboxylic acids is 2. The minimum atomic E-state index is -0.506. The van der Waals surface area contributed by atoms with Crippen LogP contribution in [0, 0.1) is 5.41 Å². The van der Waals surface area contributed by atoms with E-state index < -0.39 is 5.41 Å². The molecule has 7 nitrogen and oxygen atoms in total. The lowest BCUT2D eigenvalue weighted by molar-refractivity contribution is -0.135. The van der Waals surface area contributed by atoms with Crippen molar-refractivity contribution in [1.82, 2.24) is 24.8 Å². The average Bonchev–Trinajstić information content (AvgIpc) is 3.17. The van der Waals surface area contributed by atoms with Crippen LogP contribution in [0.5, 0.6) is 0 Å². The van der Waals surface area contributed by atoms with E-state index in [0.29, 0.717) is 6.54 Å². The van der Waals surface area contributed by atoms with Crippen molar-refractivity contribution in [3.05, 3.63) is 30.2 Å². The molecule has 0 aliphatic carbocycles. The number of amides is 2. The maximum absolute atomic E-state index is 12.6. The third-order valence-electron chi connectivity index (χ3n) is 4.29. The van der Waals surface area contributed by atoms with Crippen molar-refractivity contribution in [2.24, 2.45) is 5.41 Å². The molecule has 0 aromatic carbocycles. The Morgan fingerprint density at radius 2 is 2.08 bits per heavy atom. The molecule has 2 aromatic heterocycles. The highest BCUT2D eigenvalue weighted by Crippen LogP contribution is 2.30. The van der Waals surface area contributed by atoms with Crippen molar-refractivity contribution < 1.29 is 9.59 Å². The number of carbonyl (C=O) groups is 2. The Balaban J connectivity index is 1.74. The monoisotopic (exact) mass is 329 g/mol. The summed E-state index contributed by atoms with van der Waals surface area (Å²) in [7, 11) is 0. The minimum absolute atomic E-state index is 0.0172. The van der Waals surface area contributed by atoms with Gasteiger partial charge in [-0.05, 0) is 25.0 Å². The first-order valence-electron chi connectivity index (χ1n) is 8.25. The molecule has 7 heteroatoms. The second-order valence-corrected chi connectivity index (χ2v) is 7.16. The molecule has 1 aliphatic heterocycles. The lowest BCUT2D eigenvalue weighted by Crippen LogP contribution is -2.43. The van der Waals surface area contributed by atoms with E-state index in [1.54, 1.807) is 4.90 Å². The van der Waals surface area contributed by atoms with E-state index in [4.69, 9.17) is 0 Å². The molecule has 128 valence electrons. The number of nitrogens with one attached hydrogen (secondary N) is 1. The number of pyridine rings is 1. The third-order valence-corrected chi connectivity index (χ3v) is 4.29. The summed E-state index contributed by atoms with van der Waals surface area (Å²) in [4.78, 5) is 26.3. The summed E-state index contributed by atoms with van der Waals surface area (Å²) in [5, 5.41) is 11.2. The Labute approximate surface area is 141 Å². The number of rotatable bonds is 3. The molecule has 0 spiro atoms. The number of hydrogen-bond acceptors (Lipinski definition) is 4. The molecule has 0 saturated carbocycles. The molecule has 2 amide bonds. The van der Waals surface area contributed by atoms with Gasteiger partial charge in [-0.1, -0.05) is 26.8 Å². The lowest BCUT2D eigenvalue weighted by Gasteiger charge is -2.25. The summed E-state index contributed by atoms with van der Waals surface area (Å²) in [6.45, 7) is 6.18.